The molecule has 4 heteroatoms. The van der Waals surface area contributed by atoms with Crippen LogP contribution in [-0.4, -0.2) is 6.04 Å². The quantitative estimate of drug-likeness (QED) is 0.868. The van der Waals surface area contributed by atoms with Crippen LogP contribution in [0.25, 0.3) is 0 Å². The van der Waals surface area contributed by atoms with Crippen LogP contribution in [0, 0.1) is 28.4 Å². The predicted molar refractivity (Wildman–Crippen MR) is 70.7 cm³/mol. The van der Waals surface area contributed by atoms with Gasteiger partial charge in [-0.15, -0.1) is 0 Å². The van der Waals surface area contributed by atoms with Gasteiger partial charge in [0, 0.05) is 6.04 Å². The molecule has 1 atom stereocenters. The summed E-state index contributed by atoms with van der Waals surface area (Å²) in [4.78, 5) is 0. The summed E-state index contributed by atoms with van der Waals surface area (Å²) >= 11 is 0. The molecule has 1 saturated carbocycles. The van der Waals surface area contributed by atoms with Gasteiger partial charge in [0.2, 0.25) is 0 Å². The third-order valence-corrected chi connectivity index (χ3v) is 3.72. The number of nitriles is 1. The number of hydrogen-bond donors (Lipinski definition) is 1. The van der Waals surface area contributed by atoms with Crippen LogP contribution in [0.5, 0.6) is 0 Å². The summed E-state index contributed by atoms with van der Waals surface area (Å²) in [7, 11) is 0. The van der Waals surface area contributed by atoms with E-state index in [1.807, 2.05) is 0 Å². The molecule has 1 aliphatic rings. The Morgan fingerprint density at radius 3 is 2.47 bits per heavy atom. The minimum Gasteiger partial charge on any atom is -0.378 e. The molecule has 1 unspecified atom stereocenters. The summed E-state index contributed by atoms with van der Waals surface area (Å²) in [6.07, 6.45) is 4.02. The monoisotopic (exact) mass is 264 g/mol. The van der Waals surface area contributed by atoms with Gasteiger partial charge in [-0.25, -0.2) is 8.78 Å². The Labute approximate surface area is 112 Å². The zero-order valence-corrected chi connectivity index (χ0v) is 11.3. The largest absolute Gasteiger partial charge is 0.378 e. The second kappa shape index (κ2) is 5.16. The van der Waals surface area contributed by atoms with Crippen molar-refractivity contribution in [3.63, 3.8) is 0 Å². The number of hydrogen-bond acceptors (Lipinski definition) is 2. The van der Waals surface area contributed by atoms with Crippen molar-refractivity contribution in [1.82, 2.24) is 0 Å². The first-order valence-corrected chi connectivity index (χ1v) is 6.57. The van der Waals surface area contributed by atoms with Crippen molar-refractivity contribution in [3.05, 3.63) is 29.3 Å². The maximum absolute atomic E-state index is 13.8. The van der Waals surface area contributed by atoms with Crippen molar-refractivity contribution in [3.8, 4) is 6.07 Å². The maximum Gasteiger partial charge on any atom is 0.150 e. The van der Waals surface area contributed by atoms with Gasteiger partial charge in [0.25, 0.3) is 0 Å². The number of halogens is 2. The van der Waals surface area contributed by atoms with E-state index < -0.39 is 11.6 Å². The Balaban J connectivity index is 2.18. The van der Waals surface area contributed by atoms with Crippen molar-refractivity contribution in [2.75, 3.05) is 5.32 Å². The first-order chi connectivity index (χ1) is 8.91. The van der Waals surface area contributed by atoms with Crippen LogP contribution < -0.4 is 5.32 Å². The first kappa shape index (κ1) is 13.8. The minimum atomic E-state index is -0.695. The molecule has 0 spiro atoms. The molecule has 2 rings (SSSR count). The average molecular weight is 264 g/mol. The van der Waals surface area contributed by atoms with E-state index in [1.54, 1.807) is 6.07 Å². The van der Waals surface area contributed by atoms with E-state index in [0.29, 0.717) is 0 Å². The number of rotatable bonds is 2. The lowest BCUT2D eigenvalue weighted by atomic mass is 9.75. The molecule has 1 aromatic rings. The molecule has 0 amide bonds. The highest BCUT2D eigenvalue weighted by atomic mass is 19.1. The van der Waals surface area contributed by atoms with Crippen LogP contribution in [0.2, 0.25) is 0 Å². The molecular formula is C15H18F2N2. The topological polar surface area (TPSA) is 35.8 Å². The lowest BCUT2D eigenvalue weighted by Gasteiger charge is -2.36. The van der Waals surface area contributed by atoms with Gasteiger partial charge in [0.05, 0.1) is 11.6 Å². The van der Waals surface area contributed by atoms with Crippen LogP contribution in [0.3, 0.4) is 0 Å². The van der Waals surface area contributed by atoms with E-state index >= 15 is 0 Å². The van der Waals surface area contributed by atoms with E-state index in [-0.39, 0.29) is 22.7 Å². The van der Waals surface area contributed by atoms with Gasteiger partial charge in [-0.2, -0.15) is 5.26 Å². The molecule has 2 nitrogen and oxygen atoms in total. The van der Waals surface area contributed by atoms with Gasteiger partial charge >= 0.3 is 0 Å². The molecule has 19 heavy (non-hydrogen) atoms. The SMILES string of the molecule is CC1(C)CCCC(Nc2c(F)cc(C#N)cc2F)C1. The Kier molecular flexibility index (Phi) is 3.75. The number of anilines is 1. The van der Waals surface area contributed by atoms with E-state index in [1.165, 1.54) is 0 Å². The summed E-state index contributed by atoms with van der Waals surface area (Å²) in [5.74, 6) is -1.39. The molecule has 0 saturated heterocycles. The van der Waals surface area contributed by atoms with Gasteiger partial charge in [-0.05, 0) is 36.8 Å². The van der Waals surface area contributed by atoms with Gasteiger partial charge in [0.15, 0.2) is 11.6 Å². The van der Waals surface area contributed by atoms with Crippen LogP contribution in [0.4, 0.5) is 14.5 Å². The lowest BCUT2D eigenvalue weighted by molar-refractivity contribution is 0.229. The Hall–Kier alpha value is -1.63. The molecule has 0 bridgehead atoms. The summed E-state index contributed by atoms with van der Waals surface area (Å²) in [5.41, 5.74) is 0.0985. The van der Waals surface area contributed by atoms with Crippen LogP contribution in [0.15, 0.2) is 12.1 Å². The van der Waals surface area contributed by atoms with E-state index in [2.05, 4.69) is 19.2 Å². The van der Waals surface area contributed by atoms with Crippen molar-refractivity contribution >= 4 is 5.69 Å². The standard InChI is InChI=1S/C15H18F2N2/c1-15(2)5-3-4-11(8-15)19-14-12(16)6-10(9-18)7-13(14)17/h6-7,11,19H,3-5,8H2,1-2H3. The van der Waals surface area contributed by atoms with Gasteiger partial charge < -0.3 is 5.32 Å². The van der Waals surface area contributed by atoms with Crippen molar-refractivity contribution in [2.45, 2.75) is 45.6 Å². The molecule has 0 aromatic heterocycles. The molecule has 1 fully saturated rings. The summed E-state index contributed by atoms with van der Waals surface area (Å²) in [6, 6.07) is 3.97. The normalized spacial score (nSPS) is 21.7. The van der Waals surface area contributed by atoms with E-state index in [9.17, 15) is 8.78 Å². The third kappa shape index (κ3) is 3.23. The molecule has 1 aromatic carbocycles. The van der Waals surface area contributed by atoms with Crippen molar-refractivity contribution in [1.29, 1.82) is 5.26 Å². The molecule has 0 heterocycles. The summed E-state index contributed by atoms with van der Waals surface area (Å²) < 4.78 is 27.6. The van der Waals surface area contributed by atoms with Gasteiger partial charge in [0.1, 0.15) is 5.69 Å². The van der Waals surface area contributed by atoms with Gasteiger partial charge in [-0.1, -0.05) is 20.3 Å². The molecular weight excluding hydrogens is 246 g/mol. The highest BCUT2D eigenvalue weighted by Gasteiger charge is 2.28. The van der Waals surface area contributed by atoms with E-state index in [0.717, 1.165) is 37.8 Å². The van der Waals surface area contributed by atoms with Crippen LogP contribution >= 0.6 is 0 Å². The highest BCUT2D eigenvalue weighted by molar-refractivity contribution is 5.51. The first-order valence-electron chi connectivity index (χ1n) is 6.57. The molecule has 1 N–H and O–H groups in total. The van der Waals surface area contributed by atoms with Crippen molar-refractivity contribution in [2.24, 2.45) is 5.41 Å². The second-order valence-electron chi connectivity index (χ2n) is 6.03. The zero-order chi connectivity index (χ0) is 14.0. The smallest absolute Gasteiger partial charge is 0.150 e. The Morgan fingerprint density at radius 2 is 1.95 bits per heavy atom. The number of nitrogens with zero attached hydrogens (tertiary/aromatic N) is 1. The number of benzene rings is 1. The molecule has 1 aliphatic carbocycles. The van der Waals surface area contributed by atoms with Crippen molar-refractivity contribution < 1.29 is 8.78 Å². The molecule has 0 radical (unpaired) electrons. The lowest BCUT2D eigenvalue weighted by Crippen LogP contribution is -2.32. The zero-order valence-electron chi connectivity index (χ0n) is 11.3. The fourth-order valence-corrected chi connectivity index (χ4v) is 2.80. The third-order valence-electron chi connectivity index (χ3n) is 3.72. The fraction of sp³-hybridized carbons (Fsp3) is 0.533. The van der Waals surface area contributed by atoms with E-state index in [4.69, 9.17) is 5.26 Å². The Bertz CT molecular complexity index is 494. The maximum atomic E-state index is 13.8. The Morgan fingerprint density at radius 1 is 1.32 bits per heavy atom. The van der Waals surface area contributed by atoms with Crippen LogP contribution in [-0.2, 0) is 0 Å². The molecule has 102 valence electrons. The summed E-state index contributed by atoms with van der Waals surface area (Å²) in [6.45, 7) is 4.35. The fourth-order valence-electron chi connectivity index (χ4n) is 2.80. The van der Waals surface area contributed by atoms with Crippen LogP contribution in [0.1, 0.15) is 45.1 Å². The number of nitrogens with one attached hydrogen (secondary N) is 1. The van der Waals surface area contributed by atoms with Gasteiger partial charge in [-0.3, -0.25) is 0 Å². The summed E-state index contributed by atoms with van der Waals surface area (Å²) in [5, 5.41) is 11.6. The average Bonchev–Trinajstić information content (AvgIpc) is 2.32. The molecule has 0 aliphatic heterocycles. The second-order valence-corrected chi connectivity index (χ2v) is 6.03. The highest BCUT2D eigenvalue weighted by Crippen LogP contribution is 2.37. The predicted octanol–water partition coefficient (Wildman–Crippen LogP) is 4.22. The minimum absolute atomic E-state index is 0.00419.